The van der Waals surface area contributed by atoms with Gasteiger partial charge in [-0.1, -0.05) is 28.1 Å². The van der Waals surface area contributed by atoms with E-state index in [4.69, 9.17) is 4.74 Å². The molecule has 2 nitrogen and oxygen atoms in total. The van der Waals surface area contributed by atoms with Gasteiger partial charge >= 0.3 is 0 Å². The van der Waals surface area contributed by atoms with Crippen LogP contribution in [0.25, 0.3) is 21.8 Å². The van der Waals surface area contributed by atoms with Crippen molar-refractivity contribution in [3.63, 3.8) is 0 Å². The molecule has 3 rings (SSSR count). The van der Waals surface area contributed by atoms with Crippen LogP contribution in [0.3, 0.4) is 0 Å². The fraction of sp³-hybridized carbons (Fsp3) is 0.0625. The molecule has 0 spiro atoms. The van der Waals surface area contributed by atoms with Gasteiger partial charge in [0, 0.05) is 27.0 Å². The fourth-order valence-electron chi connectivity index (χ4n) is 1.95. The molecular weight excluding hydrogens is 353 g/mol. The van der Waals surface area contributed by atoms with Gasteiger partial charge in [0.2, 0.25) is 0 Å². The number of thiazole rings is 1. The van der Waals surface area contributed by atoms with Crippen molar-refractivity contribution in [2.24, 2.45) is 0 Å². The molecule has 5 heteroatoms. The maximum absolute atomic E-state index is 14.1. The number of rotatable bonds is 3. The van der Waals surface area contributed by atoms with Crippen LogP contribution in [0.1, 0.15) is 0 Å². The second-order valence-electron chi connectivity index (χ2n) is 4.39. The van der Waals surface area contributed by atoms with Gasteiger partial charge in [-0.15, -0.1) is 11.3 Å². The van der Waals surface area contributed by atoms with E-state index in [0.717, 1.165) is 15.7 Å². The van der Waals surface area contributed by atoms with Gasteiger partial charge in [-0.2, -0.15) is 0 Å². The third-order valence-corrected chi connectivity index (χ3v) is 4.46. The van der Waals surface area contributed by atoms with Crippen LogP contribution >= 0.6 is 27.3 Å². The number of ether oxygens (including phenoxy) is 1. The maximum atomic E-state index is 14.1. The molecule has 1 aromatic heterocycles. The first kappa shape index (κ1) is 14.2. The Morgan fingerprint density at radius 3 is 2.57 bits per heavy atom. The minimum atomic E-state index is -0.328. The Bertz CT molecular complexity index is 770. The molecule has 3 aromatic rings. The van der Waals surface area contributed by atoms with Crippen LogP contribution in [-0.4, -0.2) is 12.1 Å². The van der Waals surface area contributed by atoms with Gasteiger partial charge in [0.1, 0.15) is 16.6 Å². The number of hydrogen-bond donors (Lipinski definition) is 0. The van der Waals surface area contributed by atoms with Gasteiger partial charge in [0.05, 0.1) is 12.8 Å². The van der Waals surface area contributed by atoms with Crippen LogP contribution in [0, 0.1) is 5.82 Å². The van der Waals surface area contributed by atoms with Crippen molar-refractivity contribution in [1.82, 2.24) is 4.98 Å². The first-order valence-corrected chi connectivity index (χ1v) is 7.90. The fourth-order valence-corrected chi connectivity index (χ4v) is 3.07. The molecule has 0 saturated heterocycles. The monoisotopic (exact) mass is 363 g/mol. The van der Waals surface area contributed by atoms with Gasteiger partial charge in [-0.05, 0) is 24.3 Å². The number of hydrogen-bond acceptors (Lipinski definition) is 3. The number of halogens is 2. The van der Waals surface area contributed by atoms with Crippen molar-refractivity contribution in [2.45, 2.75) is 0 Å². The lowest BCUT2D eigenvalue weighted by molar-refractivity contribution is 0.411. The maximum Gasteiger partial charge on any atom is 0.137 e. The first-order valence-electron chi connectivity index (χ1n) is 6.23. The Morgan fingerprint density at radius 1 is 1.14 bits per heavy atom. The average molecular weight is 364 g/mol. The summed E-state index contributed by atoms with van der Waals surface area (Å²) < 4.78 is 20.1. The SMILES string of the molecule is COc1ccc(-c2nc(-c3ccc(Br)cc3)cs2)c(F)c1. The summed E-state index contributed by atoms with van der Waals surface area (Å²) in [5.74, 6) is 0.173. The highest BCUT2D eigenvalue weighted by atomic mass is 79.9. The summed E-state index contributed by atoms with van der Waals surface area (Å²) >= 11 is 4.83. The van der Waals surface area contributed by atoms with E-state index in [1.165, 1.54) is 24.5 Å². The zero-order valence-electron chi connectivity index (χ0n) is 11.1. The Labute approximate surface area is 134 Å². The molecule has 0 radical (unpaired) electrons. The number of nitrogens with zero attached hydrogens (tertiary/aromatic N) is 1. The summed E-state index contributed by atoms with van der Waals surface area (Å²) in [5.41, 5.74) is 2.34. The summed E-state index contributed by atoms with van der Waals surface area (Å²) in [6.45, 7) is 0. The molecule has 0 aliphatic carbocycles. The largest absolute Gasteiger partial charge is 0.497 e. The molecule has 1 heterocycles. The normalized spacial score (nSPS) is 10.6. The van der Waals surface area contributed by atoms with E-state index in [-0.39, 0.29) is 5.82 Å². The van der Waals surface area contributed by atoms with Crippen LogP contribution in [0.2, 0.25) is 0 Å². The zero-order chi connectivity index (χ0) is 14.8. The van der Waals surface area contributed by atoms with Crippen molar-refractivity contribution >= 4 is 27.3 Å². The van der Waals surface area contributed by atoms with E-state index in [2.05, 4.69) is 20.9 Å². The summed E-state index contributed by atoms with van der Waals surface area (Å²) in [5, 5.41) is 2.59. The van der Waals surface area contributed by atoms with Crippen molar-refractivity contribution in [3.8, 4) is 27.6 Å². The topological polar surface area (TPSA) is 22.1 Å². The molecule has 2 aromatic carbocycles. The second kappa shape index (κ2) is 5.95. The van der Waals surface area contributed by atoms with Gasteiger partial charge in [-0.25, -0.2) is 9.37 Å². The Kier molecular flexibility index (Phi) is 4.03. The number of aromatic nitrogens is 1. The lowest BCUT2D eigenvalue weighted by atomic mass is 10.2. The average Bonchev–Trinajstić information content (AvgIpc) is 2.97. The summed E-state index contributed by atoms with van der Waals surface area (Å²) in [4.78, 5) is 4.52. The Hall–Kier alpha value is -1.72. The smallest absolute Gasteiger partial charge is 0.137 e. The minimum absolute atomic E-state index is 0.328. The highest BCUT2D eigenvalue weighted by Gasteiger charge is 2.11. The van der Waals surface area contributed by atoms with E-state index in [0.29, 0.717) is 16.3 Å². The molecular formula is C16H11BrFNOS. The van der Waals surface area contributed by atoms with Gasteiger partial charge in [-0.3, -0.25) is 0 Å². The van der Waals surface area contributed by atoms with Gasteiger partial charge in [0.15, 0.2) is 0 Å². The van der Waals surface area contributed by atoms with Crippen molar-refractivity contribution < 1.29 is 9.13 Å². The zero-order valence-corrected chi connectivity index (χ0v) is 13.5. The van der Waals surface area contributed by atoms with Crippen LogP contribution in [0.4, 0.5) is 4.39 Å². The number of benzene rings is 2. The summed E-state index contributed by atoms with van der Waals surface area (Å²) in [6, 6.07) is 12.7. The Morgan fingerprint density at radius 2 is 1.90 bits per heavy atom. The standard InChI is InChI=1S/C16H11BrFNOS/c1-20-12-6-7-13(14(18)8-12)16-19-15(9-21-16)10-2-4-11(17)5-3-10/h2-9H,1H3. The first-order chi connectivity index (χ1) is 10.2. The molecule has 0 bridgehead atoms. The van der Waals surface area contributed by atoms with Crippen LogP contribution in [0.15, 0.2) is 52.3 Å². The molecule has 106 valence electrons. The molecule has 0 N–H and O–H groups in total. The van der Waals surface area contributed by atoms with Crippen molar-refractivity contribution in [2.75, 3.05) is 7.11 Å². The van der Waals surface area contributed by atoms with Crippen LogP contribution < -0.4 is 4.74 Å². The van der Waals surface area contributed by atoms with E-state index in [1.54, 1.807) is 12.1 Å². The summed E-state index contributed by atoms with van der Waals surface area (Å²) in [7, 11) is 1.52. The predicted molar refractivity (Wildman–Crippen MR) is 87.2 cm³/mol. The molecule has 0 aliphatic rings. The summed E-state index contributed by atoms with van der Waals surface area (Å²) in [6.07, 6.45) is 0. The van der Waals surface area contributed by atoms with Crippen LogP contribution in [0.5, 0.6) is 5.75 Å². The van der Waals surface area contributed by atoms with E-state index in [9.17, 15) is 4.39 Å². The molecule has 0 saturated carbocycles. The minimum Gasteiger partial charge on any atom is -0.497 e. The molecule has 0 amide bonds. The quantitative estimate of drug-likeness (QED) is 0.622. The van der Waals surface area contributed by atoms with Gasteiger partial charge in [0.25, 0.3) is 0 Å². The van der Waals surface area contributed by atoms with E-state index in [1.807, 2.05) is 29.6 Å². The van der Waals surface area contributed by atoms with Crippen LogP contribution in [-0.2, 0) is 0 Å². The highest BCUT2D eigenvalue weighted by Crippen LogP contribution is 2.32. The lowest BCUT2D eigenvalue weighted by Crippen LogP contribution is -1.88. The lowest BCUT2D eigenvalue weighted by Gasteiger charge is -2.02. The second-order valence-corrected chi connectivity index (χ2v) is 6.16. The highest BCUT2D eigenvalue weighted by molar-refractivity contribution is 9.10. The van der Waals surface area contributed by atoms with Gasteiger partial charge < -0.3 is 4.74 Å². The third kappa shape index (κ3) is 2.99. The Balaban J connectivity index is 1.96. The molecule has 21 heavy (non-hydrogen) atoms. The molecule has 0 unspecified atom stereocenters. The van der Waals surface area contributed by atoms with Crippen molar-refractivity contribution in [1.29, 1.82) is 0 Å². The molecule has 0 atom stereocenters. The van der Waals surface area contributed by atoms with Crippen molar-refractivity contribution in [3.05, 3.63) is 58.1 Å². The molecule has 0 fully saturated rings. The molecule has 0 aliphatic heterocycles. The van der Waals surface area contributed by atoms with E-state index >= 15 is 0 Å². The van der Waals surface area contributed by atoms with E-state index < -0.39 is 0 Å². The third-order valence-electron chi connectivity index (χ3n) is 3.05. The number of methoxy groups -OCH3 is 1. The predicted octanol–water partition coefficient (Wildman–Crippen LogP) is 5.39.